The molecule has 0 saturated heterocycles. The maximum atomic E-state index is 11.7. The molecular weight excluding hydrogens is 227 g/mol. The Hall–Kier alpha value is -1.25. The smallest absolute Gasteiger partial charge is 0.410 e. The molecule has 1 rings (SSSR count). The molecule has 0 amide bonds. The second-order valence-corrected chi connectivity index (χ2v) is 4.37. The minimum atomic E-state index is -2.05. The summed E-state index contributed by atoms with van der Waals surface area (Å²) in [6.07, 6.45) is 0. The average molecular weight is 241 g/mol. The molecule has 0 saturated carbocycles. The standard InChI is InChI=1S/C11H14O4P/c1-3-14-16(13)11(15-9(2)12)10-7-5-4-6-8-10/h4-8,11H,3H2,1-2H3/q+1. The number of carbonyl (C=O) groups is 1. The van der Waals surface area contributed by atoms with Gasteiger partial charge in [0.2, 0.25) is 0 Å². The van der Waals surface area contributed by atoms with Crippen LogP contribution in [-0.2, 0) is 18.6 Å². The maximum absolute atomic E-state index is 11.7. The van der Waals surface area contributed by atoms with Gasteiger partial charge in [-0.1, -0.05) is 30.3 Å². The van der Waals surface area contributed by atoms with Gasteiger partial charge in [0.25, 0.3) is 0 Å². The van der Waals surface area contributed by atoms with Crippen molar-refractivity contribution in [3.63, 3.8) is 0 Å². The van der Waals surface area contributed by atoms with Crippen LogP contribution in [0.4, 0.5) is 0 Å². The van der Waals surface area contributed by atoms with Crippen molar-refractivity contribution in [1.82, 2.24) is 0 Å². The Labute approximate surface area is 95.4 Å². The van der Waals surface area contributed by atoms with Crippen LogP contribution in [0.3, 0.4) is 0 Å². The van der Waals surface area contributed by atoms with Crippen LogP contribution >= 0.6 is 8.03 Å². The van der Waals surface area contributed by atoms with Gasteiger partial charge in [-0.15, -0.1) is 4.52 Å². The van der Waals surface area contributed by atoms with E-state index in [2.05, 4.69) is 0 Å². The van der Waals surface area contributed by atoms with Gasteiger partial charge in [-0.3, -0.25) is 4.79 Å². The molecule has 0 radical (unpaired) electrons. The highest BCUT2D eigenvalue weighted by Gasteiger charge is 2.37. The third kappa shape index (κ3) is 3.72. The summed E-state index contributed by atoms with van der Waals surface area (Å²) < 4.78 is 21.7. The van der Waals surface area contributed by atoms with Crippen molar-refractivity contribution in [2.45, 2.75) is 19.7 Å². The summed E-state index contributed by atoms with van der Waals surface area (Å²) in [6.45, 7) is 3.34. The Kier molecular flexibility index (Phi) is 5.09. The molecule has 1 aromatic rings. The molecule has 0 aliphatic heterocycles. The lowest BCUT2D eigenvalue weighted by molar-refractivity contribution is -0.143. The molecule has 0 N–H and O–H groups in total. The van der Waals surface area contributed by atoms with E-state index < -0.39 is 19.8 Å². The molecule has 16 heavy (non-hydrogen) atoms. The first-order valence-corrected chi connectivity index (χ1v) is 6.21. The summed E-state index contributed by atoms with van der Waals surface area (Å²) >= 11 is 0. The molecule has 1 aromatic carbocycles. The van der Waals surface area contributed by atoms with E-state index >= 15 is 0 Å². The van der Waals surface area contributed by atoms with Crippen molar-refractivity contribution >= 4 is 14.0 Å². The summed E-state index contributed by atoms with van der Waals surface area (Å²) in [7, 11) is -2.05. The second-order valence-electron chi connectivity index (χ2n) is 3.08. The van der Waals surface area contributed by atoms with Crippen molar-refractivity contribution in [2.24, 2.45) is 0 Å². The molecule has 0 fully saturated rings. The highest BCUT2D eigenvalue weighted by molar-refractivity contribution is 7.39. The third-order valence-electron chi connectivity index (χ3n) is 1.81. The first-order valence-electron chi connectivity index (χ1n) is 4.96. The summed E-state index contributed by atoms with van der Waals surface area (Å²) in [5, 5.41) is 0. The lowest BCUT2D eigenvalue weighted by atomic mass is 10.2. The van der Waals surface area contributed by atoms with E-state index in [0.29, 0.717) is 12.2 Å². The number of benzene rings is 1. The van der Waals surface area contributed by atoms with Crippen molar-refractivity contribution < 1.29 is 18.6 Å². The zero-order valence-corrected chi connectivity index (χ0v) is 10.1. The van der Waals surface area contributed by atoms with Crippen LogP contribution in [0, 0.1) is 0 Å². The van der Waals surface area contributed by atoms with E-state index in [9.17, 15) is 9.36 Å². The normalized spacial score (nSPS) is 13.0. The fourth-order valence-corrected chi connectivity index (χ4v) is 2.24. The lowest BCUT2D eigenvalue weighted by Gasteiger charge is -2.06. The lowest BCUT2D eigenvalue weighted by Crippen LogP contribution is -2.06. The molecule has 0 heterocycles. The Balaban J connectivity index is 2.87. The second kappa shape index (κ2) is 6.36. The average Bonchev–Trinajstić information content (AvgIpc) is 2.27. The Morgan fingerprint density at radius 2 is 2.00 bits per heavy atom. The molecule has 0 bridgehead atoms. The number of carbonyl (C=O) groups excluding carboxylic acids is 1. The molecular formula is C11H14O4P+. The van der Waals surface area contributed by atoms with Crippen molar-refractivity contribution in [3.8, 4) is 0 Å². The Bertz CT molecular complexity index is 364. The molecule has 0 aromatic heterocycles. The maximum Gasteiger partial charge on any atom is 0.558 e. The van der Waals surface area contributed by atoms with Gasteiger partial charge in [-0.05, 0) is 11.5 Å². The van der Waals surface area contributed by atoms with Crippen LogP contribution in [0.5, 0.6) is 0 Å². The fraction of sp³-hybridized carbons (Fsp3) is 0.364. The molecule has 0 aliphatic rings. The monoisotopic (exact) mass is 241 g/mol. The van der Waals surface area contributed by atoms with E-state index in [1.165, 1.54) is 6.92 Å². The highest BCUT2D eigenvalue weighted by atomic mass is 31.1. The van der Waals surface area contributed by atoms with E-state index in [1.54, 1.807) is 31.2 Å². The number of hydrogen-bond donors (Lipinski definition) is 0. The molecule has 2 unspecified atom stereocenters. The Morgan fingerprint density at radius 1 is 1.38 bits per heavy atom. The van der Waals surface area contributed by atoms with Crippen molar-refractivity contribution in [3.05, 3.63) is 35.9 Å². The summed E-state index contributed by atoms with van der Waals surface area (Å²) in [5.41, 5.74) is 0.673. The number of rotatable bonds is 5. The van der Waals surface area contributed by atoms with Crippen LogP contribution in [0.25, 0.3) is 0 Å². The van der Waals surface area contributed by atoms with Gasteiger partial charge in [-0.2, -0.15) is 0 Å². The van der Waals surface area contributed by atoms with E-state index in [1.807, 2.05) is 6.07 Å². The molecule has 86 valence electrons. The molecule has 0 aliphatic carbocycles. The quantitative estimate of drug-likeness (QED) is 0.587. The van der Waals surface area contributed by atoms with Gasteiger partial charge in [0.05, 0.1) is 6.61 Å². The van der Waals surface area contributed by atoms with E-state index in [4.69, 9.17) is 9.26 Å². The van der Waals surface area contributed by atoms with Crippen LogP contribution in [-0.4, -0.2) is 12.6 Å². The minimum absolute atomic E-state index is 0.319. The van der Waals surface area contributed by atoms with Crippen molar-refractivity contribution in [1.29, 1.82) is 0 Å². The van der Waals surface area contributed by atoms with Gasteiger partial charge in [-0.25, -0.2) is 0 Å². The van der Waals surface area contributed by atoms with Crippen LogP contribution in [0.2, 0.25) is 0 Å². The number of hydrogen-bond acceptors (Lipinski definition) is 4. The fourth-order valence-electron chi connectivity index (χ4n) is 1.20. The topological polar surface area (TPSA) is 52.6 Å². The largest absolute Gasteiger partial charge is 0.558 e. The van der Waals surface area contributed by atoms with E-state index in [-0.39, 0.29) is 0 Å². The van der Waals surface area contributed by atoms with Gasteiger partial charge in [0.15, 0.2) is 0 Å². The predicted octanol–water partition coefficient (Wildman–Crippen LogP) is 3.03. The number of esters is 1. The van der Waals surface area contributed by atoms with Crippen LogP contribution < -0.4 is 0 Å². The SMILES string of the molecule is CCO[P+](=O)C(OC(C)=O)c1ccccc1. The van der Waals surface area contributed by atoms with Crippen molar-refractivity contribution in [2.75, 3.05) is 6.61 Å². The highest BCUT2D eigenvalue weighted by Crippen LogP contribution is 2.42. The van der Waals surface area contributed by atoms with Gasteiger partial charge < -0.3 is 4.74 Å². The predicted molar refractivity (Wildman–Crippen MR) is 60.2 cm³/mol. The van der Waals surface area contributed by atoms with E-state index in [0.717, 1.165) is 0 Å². The first kappa shape index (κ1) is 12.8. The van der Waals surface area contributed by atoms with Gasteiger partial charge in [0, 0.05) is 12.5 Å². The summed E-state index contributed by atoms with van der Waals surface area (Å²) in [5.74, 6) is -1.30. The molecule has 2 atom stereocenters. The zero-order chi connectivity index (χ0) is 12.0. The first-order chi connectivity index (χ1) is 7.65. The zero-order valence-electron chi connectivity index (χ0n) is 9.25. The van der Waals surface area contributed by atoms with Gasteiger partial charge in [0.1, 0.15) is 0 Å². The summed E-state index contributed by atoms with van der Waals surface area (Å²) in [4.78, 5) is 10.9. The minimum Gasteiger partial charge on any atom is -0.410 e. The summed E-state index contributed by atoms with van der Waals surface area (Å²) in [6, 6.07) is 8.92. The van der Waals surface area contributed by atoms with Crippen LogP contribution in [0.15, 0.2) is 30.3 Å². The number of ether oxygens (including phenoxy) is 1. The molecule has 4 nitrogen and oxygen atoms in total. The third-order valence-corrected chi connectivity index (χ3v) is 3.11. The van der Waals surface area contributed by atoms with Gasteiger partial charge >= 0.3 is 19.8 Å². The molecule has 0 spiro atoms. The molecule has 5 heteroatoms. The Morgan fingerprint density at radius 3 is 2.50 bits per heavy atom. The van der Waals surface area contributed by atoms with Crippen LogP contribution in [0.1, 0.15) is 25.3 Å².